The zero-order valence-electron chi connectivity index (χ0n) is 18.3. The zero-order chi connectivity index (χ0) is 23.1. The van der Waals surface area contributed by atoms with E-state index in [9.17, 15) is 14.0 Å². The van der Waals surface area contributed by atoms with E-state index in [1.165, 1.54) is 19.2 Å². The van der Waals surface area contributed by atoms with Gasteiger partial charge in [-0.1, -0.05) is 19.1 Å². The highest BCUT2D eigenvalue weighted by Crippen LogP contribution is 2.34. The number of carbonyl (C=O) groups is 2. The Labute approximate surface area is 186 Å². The van der Waals surface area contributed by atoms with Crippen molar-refractivity contribution in [1.82, 2.24) is 5.01 Å². The summed E-state index contributed by atoms with van der Waals surface area (Å²) >= 11 is 0. The van der Waals surface area contributed by atoms with Gasteiger partial charge in [-0.3, -0.25) is 10.1 Å². The van der Waals surface area contributed by atoms with Crippen molar-refractivity contribution in [1.29, 1.82) is 0 Å². The van der Waals surface area contributed by atoms with Gasteiger partial charge in [0.05, 0.1) is 26.5 Å². The molecule has 0 spiro atoms. The summed E-state index contributed by atoms with van der Waals surface area (Å²) in [5.41, 5.74) is 3.79. The Morgan fingerprint density at radius 1 is 1.19 bits per heavy atom. The molecule has 32 heavy (non-hydrogen) atoms. The van der Waals surface area contributed by atoms with Crippen molar-refractivity contribution in [3.05, 3.63) is 53.1 Å². The standard InChI is InChI=1S/C23H26FN3O5/c1-4-16-11-17(12-20(32-14-24)22(16)30-2)19-9-10-21(28)27(26-19)13-15-5-7-18(8-6-15)25-23(29)31-3/h5-8,11-12H,4,9-10,13-14H2,1-3H3,(H,25,29). The number of carbonyl (C=O) groups excluding carboxylic acids is 2. The minimum absolute atomic E-state index is 0.0880. The first-order valence-electron chi connectivity index (χ1n) is 10.2. The number of anilines is 1. The van der Waals surface area contributed by atoms with E-state index in [-0.39, 0.29) is 12.5 Å². The van der Waals surface area contributed by atoms with E-state index in [2.05, 4.69) is 15.2 Å². The summed E-state index contributed by atoms with van der Waals surface area (Å²) in [5.74, 6) is 0.720. The lowest BCUT2D eigenvalue weighted by atomic mass is 9.99. The molecule has 0 radical (unpaired) electrons. The van der Waals surface area contributed by atoms with Crippen LogP contribution < -0.4 is 14.8 Å². The summed E-state index contributed by atoms with van der Waals surface area (Å²) in [4.78, 5) is 23.8. The lowest BCUT2D eigenvalue weighted by Gasteiger charge is -2.24. The van der Waals surface area contributed by atoms with Crippen molar-refractivity contribution < 1.29 is 28.2 Å². The number of benzene rings is 2. The fourth-order valence-electron chi connectivity index (χ4n) is 3.45. The van der Waals surface area contributed by atoms with Gasteiger partial charge in [-0.2, -0.15) is 5.10 Å². The van der Waals surface area contributed by atoms with Gasteiger partial charge in [0, 0.05) is 24.1 Å². The lowest BCUT2D eigenvalue weighted by molar-refractivity contribution is -0.132. The number of amides is 2. The van der Waals surface area contributed by atoms with Crippen LogP contribution >= 0.6 is 0 Å². The van der Waals surface area contributed by atoms with Gasteiger partial charge in [0.1, 0.15) is 0 Å². The smallest absolute Gasteiger partial charge is 0.411 e. The van der Waals surface area contributed by atoms with Crippen LogP contribution in [-0.4, -0.2) is 43.8 Å². The van der Waals surface area contributed by atoms with Crippen molar-refractivity contribution >= 4 is 23.4 Å². The van der Waals surface area contributed by atoms with Crippen molar-refractivity contribution in [2.75, 3.05) is 26.4 Å². The van der Waals surface area contributed by atoms with Crippen LogP contribution in [0.15, 0.2) is 41.5 Å². The molecule has 170 valence electrons. The largest absolute Gasteiger partial charge is 0.493 e. The second kappa shape index (κ2) is 10.6. The van der Waals surface area contributed by atoms with E-state index in [1.54, 1.807) is 30.3 Å². The van der Waals surface area contributed by atoms with Crippen molar-refractivity contribution in [2.45, 2.75) is 32.7 Å². The Hall–Kier alpha value is -3.62. The van der Waals surface area contributed by atoms with Crippen molar-refractivity contribution in [2.24, 2.45) is 5.10 Å². The molecule has 0 aromatic heterocycles. The fourth-order valence-corrected chi connectivity index (χ4v) is 3.45. The maximum atomic E-state index is 12.9. The minimum Gasteiger partial charge on any atom is -0.493 e. The predicted molar refractivity (Wildman–Crippen MR) is 118 cm³/mol. The average molecular weight is 443 g/mol. The summed E-state index contributed by atoms with van der Waals surface area (Å²) in [6.07, 6.45) is 0.900. The first kappa shape index (κ1) is 23.1. The number of halogens is 1. The number of methoxy groups -OCH3 is 2. The van der Waals surface area contributed by atoms with Gasteiger partial charge in [-0.25, -0.2) is 14.2 Å². The molecule has 0 aliphatic carbocycles. The molecule has 0 atom stereocenters. The molecule has 9 heteroatoms. The summed E-state index contributed by atoms with van der Waals surface area (Å²) in [5, 5.41) is 8.57. The van der Waals surface area contributed by atoms with Gasteiger partial charge >= 0.3 is 6.09 Å². The summed E-state index contributed by atoms with van der Waals surface area (Å²) in [6.45, 7) is 1.28. The number of alkyl halides is 1. The van der Waals surface area contributed by atoms with E-state index in [0.29, 0.717) is 36.4 Å². The van der Waals surface area contributed by atoms with Gasteiger partial charge in [0.15, 0.2) is 11.5 Å². The van der Waals surface area contributed by atoms with Crippen LogP contribution in [0.3, 0.4) is 0 Å². The maximum absolute atomic E-state index is 12.9. The van der Waals surface area contributed by atoms with E-state index in [4.69, 9.17) is 9.47 Å². The number of hydrogen-bond acceptors (Lipinski definition) is 6. The van der Waals surface area contributed by atoms with Crippen molar-refractivity contribution in [3.8, 4) is 11.5 Å². The summed E-state index contributed by atoms with van der Waals surface area (Å²) in [7, 11) is 2.81. The van der Waals surface area contributed by atoms with E-state index in [1.807, 2.05) is 13.0 Å². The van der Waals surface area contributed by atoms with E-state index < -0.39 is 13.0 Å². The van der Waals surface area contributed by atoms with Gasteiger partial charge < -0.3 is 14.2 Å². The fraction of sp³-hybridized carbons (Fsp3) is 0.348. The molecular weight excluding hydrogens is 417 g/mol. The highest BCUT2D eigenvalue weighted by Gasteiger charge is 2.23. The third-order valence-electron chi connectivity index (χ3n) is 5.08. The minimum atomic E-state index is -0.971. The normalized spacial score (nSPS) is 13.4. The molecule has 0 bridgehead atoms. The van der Waals surface area contributed by atoms with Gasteiger partial charge in [-0.15, -0.1) is 0 Å². The average Bonchev–Trinajstić information content (AvgIpc) is 2.81. The number of nitrogens with one attached hydrogen (secondary N) is 1. The number of nitrogens with zero attached hydrogens (tertiary/aromatic N) is 2. The summed E-state index contributed by atoms with van der Waals surface area (Å²) in [6, 6.07) is 10.7. The Bertz CT molecular complexity index is 1010. The molecule has 0 saturated heterocycles. The third-order valence-corrected chi connectivity index (χ3v) is 5.08. The molecule has 0 unspecified atom stereocenters. The molecule has 2 aromatic rings. The Balaban J connectivity index is 1.84. The monoisotopic (exact) mass is 443 g/mol. The number of ether oxygens (including phenoxy) is 3. The molecule has 0 fully saturated rings. The number of aryl methyl sites for hydroxylation is 1. The van der Waals surface area contributed by atoms with Gasteiger partial charge in [0.2, 0.25) is 12.8 Å². The van der Waals surface area contributed by atoms with Crippen LogP contribution in [0.1, 0.15) is 36.5 Å². The molecular formula is C23H26FN3O5. The Kier molecular flexibility index (Phi) is 7.64. The van der Waals surface area contributed by atoms with Crippen LogP contribution in [-0.2, 0) is 22.5 Å². The first-order valence-corrected chi connectivity index (χ1v) is 10.2. The van der Waals surface area contributed by atoms with Gasteiger partial charge in [-0.05, 0) is 41.8 Å². The van der Waals surface area contributed by atoms with Crippen molar-refractivity contribution in [3.63, 3.8) is 0 Å². The number of hydrazone groups is 1. The lowest BCUT2D eigenvalue weighted by Crippen LogP contribution is -2.31. The predicted octanol–water partition coefficient (Wildman–Crippen LogP) is 4.27. The highest BCUT2D eigenvalue weighted by atomic mass is 19.1. The molecule has 0 saturated carbocycles. The van der Waals surface area contributed by atoms with E-state index >= 15 is 0 Å². The Morgan fingerprint density at radius 3 is 2.56 bits per heavy atom. The molecule has 1 aliphatic rings. The van der Waals surface area contributed by atoms with E-state index in [0.717, 1.165) is 22.4 Å². The highest BCUT2D eigenvalue weighted by molar-refractivity contribution is 6.04. The SMILES string of the molecule is CCc1cc(C2=NN(Cc3ccc(NC(=O)OC)cc3)C(=O)CC2)cc(OCF)c1OC. The first-order chi connectivity index (χ1) is 15.5. The molecule has 1 heterocycles. The number of rotatable bonds is 8. The summed E-state index contributed by atoms with van der Waals surface area (Å²) < 4.78 is 28.0. The Morgan fingerprint density at radius 2 is 1.94 bits per heavy atom. The number of hydrogen-bond donors (Lipinski definition) is 1. The molecule has 2 aromatic carbocycles. The molecule has 3 rings (SSSR count). The van der Waals surface area contributed by atoms with Crippen LogP contribution in [0, 0.1) is 0 Å². The van der Waals surface area contributed by atoms with Crippen LogP contribution in [0.25, 0.3) is 0 Å². The zero-order valence-corrected chi connectivity index (χ0v) is 18.3. The van der Waals surface area contributed by atoms with Crippen LogP contribution in [0.5, 0.6) is 11.5 Å². The van der Waals surface area contributed by atoms with Crippen LogP contribution in [0.2, 0.25) is 0 Å². The molecule has 2 amide bonds. The molecule has 1 aliphatic heterocycles. The molecule has 1 N–H and O–H groups in total. The second-order valence-electron chi connectivity index (χ2n) is 7.09. The van der Waals surface area contributed by atoms with Crippen LogP contribution in [0.4, 0.5) is 14.9 Å². The quantitative estimate of drug-likeness (QED) is 0.658. The molecule has 8 nitrogen and oxygen atoms in total. The maximum Gasteiger partial charge on any atom is 0.411 e. The topological polar surface area (TPSA) is 89.5 Å². The third kappa shape index (κ3) is 5.35. The van der Waals surface area contributed by atoms with Gasteiger partial charge in [0.25, 0.3) is 0 Å². The second-order valence-corrected chi connectivity index (χ2v) is 7.09.